The van der Waals surface area contributed by atoms with Gasteiger partial charge in [-0.1, -0.05) is 12.8 Å². The number of nitrogens with one attached hydrogen (secondary N) is 2. The zero-order chi connectivity index (χ0) is 14.8. The summed E-state index contributed by atoms with van der Waals surface area (Å²) in [6.07, 6.45) is -0.298. The lowest BCUT2D eigenvalue weighted by molar-refractivity contribution is -0.164. The first kappa shape index (κ1) is 14.7. The number of hydrogen-bond acceptors (Lipinski definition) is 2. The van der Waals surface area contributed by atoms with Gasteiger partial charge in [0, 0.05) is 19.3 Å². The molecule has 0 radical (unpaired) electrons. The van der Waals surface area contributed by atoms with Crippen molar-refractivity contribution < 1.29 is 18.0 Å². The number of amides is 2. The number of hydrogen-bond donors (Lipinski definition) is 2. The zero-order valence-corrected chi connectivity index (χ0v) is 11.1. The summed E-state index contributed by atoms with van der Waals surface area (Å²) in [5.74, 6) is -0.318. The molecule has 1 heterocycles. The lowest BCUT2D eigenvalue weighted by atomic mass is 9.98. The molecule has 0 bridgehead atoms. The summed E-state index contributed by atoms with van der Waals surface area (Å²) in [4.78, 5) is 11.7. The minimum Gasteiger partial charge on any atom is -0.326 e. The molecule has 0 saturated heterocycles. The summed E-state index contributed by atoms with van der Waals surface area (Å²) in [7, 11) is 1.65. The minimum absolute atomic E-state index is 0.220. The van der Waals surface area contributed by atoms with Crippen molar-refractivity contribution in [1.29, 1.82) is 0 Å². The molecule has 0 aromatic carbocycles. The van der Waals surface area contributed by atoms with Crippen LogP contribution in [0.15, 0.2) is 12.3 Å². The van der Waals surface area contributed by atoms with Crippen molar-refractivity contribution in [2.75, 3.05) is 5.32 Å². The molecule has 8 heteroatoms. The highest BCUT2D eigenvalue weighted by atomic mass is 19.4. The summed E-state index contributed by atoms with van der Waals surface area (Å²) in [5.41, 5.74) is 0. The average molecular weight is 290 g/mol. The predicted molar refractivity (Wildman–Crippen MR) is 67.2 cm³/mol. The Hall–Kier alpha value is -1.73. The number of aromatic nitrogens is 2. The summed E-state index contributed by atoms with van der Waals surface area (Å²) >= 11 is 0. The smallest absolute Gasteiger partial charge is 0.326 e. The molecule has 5 nitrogen and oxygen atoms in total. The monoisotopic (exact) mass is 290 g/mol. The van der Waals surface area contributed by atoms with Gasteiger partial charge in [0.2, 0.25) is 0 Å². The highest BCUT2D eigenvalue weighted by molar-refractivity contribution is 5.88. The van der Waals surface area contributed by atoms with Crippen LogP contribution in [0.25, 0.3) is 0 Å². The number of anilines is 1. The summed E-state index contributed by atoms with van der Waals surface area (Å²) < 4.78 is 40.5. The van der Waals surface area contributed by atoms with E-state index in [2.05, 4.69) is 10.4 Å². The highest BCUT2D eigenvalue weighted by Gasteiger charge is 2.46. The van der Waals surface area contributed by atoms with Crippen LogP contribution in [0.5, 0.6) is 0 Å². The van der Waals surface area contributed by atoms with E-state index in [0.717, 1.165) is 12.8 Å². The fourth-order valence-corrected chi connectivity index (χ4v) is 2.53. The number of urea groups is 1. The Labute approximate surface area is 114 Å². The van der Waals surface area contributed by atoms with Crippen molar-refractivity contribution >= 4 is 11.8 Å². The van der Waals surface area contributed by atoms with E-state index >= 15 is 0 Å². The van der Waals surface area contributed by atoms with Gasteiger partial charge in [0.15, 0.2) is 5.82 Å². The molecule has 2 N–H and O–H groups in total. The summed E-state index contributed by atoms with van der Waals surface area (Å²) in [6.45, 7) is 0. The molecule has 1 atom stereocenters. The highest BCUT2D eigenvalue weighted by Crippen LogP contribution is 2.35. The number of nitrogens with zero attached hydrogens (tertiary/aromatic N) is 2. The fourth-order valence-electron chi connectivity index (χ4n) is 2.53. The number of alkyl halides is 3. The molecule has 2 rings (SSSR count). The first-order valence-corrected chi connectivity index (χ1v) is 6.50. The van der Waals surface area contributed by atoms with Crippen LogP contribution in [0, 0.1) is 5.92 Å². The molecule has 2 amide bonds. The van der Waals surface area contributed by atoms with Gasteiger partial charge in [-0.15, -0.1) is 0 Å². The summed E-state index contributed by atoms with van der Waals surface area (Å²) in [6, 6.07) is -1.16. The zero-order valence-electron chi connectivity index (χ0n) is 11.1. The van der Waals surface area contributed by atoms with E-state index < -0.39 is 24.2 Å². The first-order chi connectivity index (χ1) is 9.36. The van der Waals surface area contributed by atoms with E-state index in [1.54, 1.807) is 13.2 Å². The molecule has 1 aromatic heterocycles. The van der Waals surface area contributed by atoms with Gasteiger partial charge in [0.25, 0.3) is 0 Å². The first-order valence-electron chi connectivity index (χ1n) is 6.50. The lowest BCUT2D eigenvalue weighted by Gasteiger charge is -2.26. The second-order valence-electron chi connectivity index (χ2n) is 5.04. The van der Waals surface area contributed by atoms with Crippen molar-refractivity contribution in [3.63, 3.8) is 0 Å². The maximum atomic E-state index is 13.0. The number of carbonyl (C=O) groups excluding carboxylic acids is 1. The van der Waals surface area contributed by atoms with E-state index in [1.807, 2.05) is 5.32 Å². The molecule has 1 aliphatic rings. The van der Waals surface area contributed by atoms with Crippen molar-refractivity contribution in [1.82, 2.24) is 15.1 Å². The molecular formula is C12H17F3N4O. The molecule has 112 valence electrons. The molecule has 0 spiro atoms. The third-order valence-corrected chi connectivity index (χ3v) is 3.47. The van der Waals surface area contributed by atoms with Crippen LogP contribution in [-0.4, -0.2) is 28.0 Å². The molecule has 1 aromatic rings. The second-order valence-corrected chi connectivity index (χ2v) is 5.04. The van der Waals surface area contributed by atoms with E-state index in [-0.39, 0.29) is 5.82 Å². The third kappa shape index (κ3) is 3.64. The molecule has 0 unspecified atom stereocenters. The Morgan fingerprint density at radius 2 is 2.10 bits per heavy atom. The molecule has 0 aliphatic heterocycles. The Balaban J connectivity index is 1.98. The van der Waals surface area contributed by atoms with Gasteiger partial charge in [0.05, 0.1) is 0 Å². The molecule has 1 saturated carbocycles. The maximum Gasteiger partial charge on any atom is 0.408 e. The van der Waals surface area contributed by atoms with Crippen LogP contribution < -0.4 is 10.6 Å². The number of aryl methyl sites for hydroxylation is 1. The van der Waals surface area contributed by atoms with Gasteiger partial charge in [-0.3, -0.25) is 10.00 Å². The van der Waals surface area contributed by atoms with Crippen LogP contribution in [0.4, 0.5) is 23.8 Å². The Morgan fingerprint density at radius 1 is 1.45 bits per heavy atom. The van der Waals surface area contributed by atoms with Crippen molar-refractivity contribution in [2.45, 2.75) is 37.9 Å². The van der Waals surface area contributed by atoms with Gasteiger partial charge in [-0.05, 0) is 18.8 Å². The molecule has 1 fully saturated rings. The second kappa shape index (κ2) is 5.72. The third-order valence-electron chi connectivity index (χ3n) is 3.47. The lowest BCUT2D eigenvalue weighted by Crippen LogP contribution is -2.50. The van der Waals surface area contributed by atoms with E-state index in [9.17, 15) is 18.0 Å². The largest absolute Gasteiger partial charge is 0.408 e. The van der Waals surface area contributed by atoms with Crippen LogP contribution in [0.3, 0.4) is 0 Å². The summed E-state index contributed by atoms with van der Waals surface area (Å²) in [5, 5.41) is 8.22. The topological polar surface area (TPSA) is 59.0 Å². The average Bonchev–Trinajstić information content (AvgIpc) is 2.96. The van der Waals surface area contributed by atoms with E-state index in [0.29, 0.717) is 12.8 Å². The Bertz CT molecular complexity index is 466. The number of rotatable bonds is 3. The SMILES string of the molecule is Cn1ccc(NC(=O)N[C@H](C2CCCC2)C(F)(F)F)n1. The van der Waals surface area contributed by atoms with Crippen LogP contribution in [0.2, 0.25) is 0 Å². The van der Waals surface area contributed by atoms with Crippen molar-refractivity contribution in [2.24, 2.45) is 13.0 Å². The standard InChI is InChI=1S/C12H17F3N4O/c1-19-7-6-9(18-19)16-11(20)17-10(12(13,14)15)8-4-2-3-5-8/h6-8,10H,2-5H2,1H3,(H2,16,17,18,20)/t10-/m1/s1. The minimum atomic E-state index is -4.43. The van der Waals surface area contributed by atoms with Gasteiger partial charge in [0.1, 0.15) is 6.04 Å². The van der Waals surface area contributed by atoms with Gasteiger partial charge < -0.3 is 5.32 Å². The fraction of sp³-hybridized carbons (Fsp3) is 0.667. The van der Waals surface area contributed by atoms with Crippen LogP contribution in [-0.2, 0) is 7.05 Å². The van der Waals surface area contributed by atoms with E-state index in [4.69, 9.17) is 0 Å². The molecular weight excluding hydrogens is 273 g/mol. The van der Waals surface area contributed by atoms with Gasteiger partial charge >= 0.3 is 12.2 Å². The van der Waals surface area contributed by atoms with Crippen molar-refractivity contribution in [3.05, 3.63) is 12.3 Å². The van der Waals surface area contributed by atoms with Gasteiger partial charge in [-0.2, -0.15) is 18.3 Å². The van der Waals surface area contributed by atoms with Crippen LogP contribution >= 0.6 is 0 Å². The van der Waals surface area contributed by atoms with Gasteiger partial charge in [-0.25, -0.2) is 4.79 Å². The van der Waals surface area contributed by atoms with Crippen LogP contribution in [0.1, 0.15) is 25.7 Å². The normalized spacial score (nSPS) is 18.0. The quantitative estimate of drug-likeness (QED) is 0.899. The molecule has 1 aliphatic carbocycles. The molecule has 20 heavy (non-hydrogen) atoms. The number of carbonyl (C=O) groups is 1. The Kier molecular flexibility index (Phi) is 4.20. The maximum absolute atomic E-state index is 13.0. The Morgan fingerprint density at radius 3 is 2.60 bits per heavy atom. The van der Waals surface area contributed by atoms with E-state index in [1.165, 1.54) is 10.7 Å². The van der Waals surface area contributed by atoms with Crippen molar-refractivity contribution in [3.8, 4) is 0 Å². The predicted octanol–water partition coefficient (Wildman–Crippen LogP) is 2.66. The number of halogens is 3.